The van der Waals surface area contributed by atoms with Gasteiger partial charge in [-0.15, -0.1) is 0 Å². The molecule has 7 heteroatoms. The number of hydrogen-bond donors (Lipinski definition) is 2. The molecule has 0 saturated heterocycles. The van der Waals surface area contributed by atoms with Gasteiger partial charge in [0.15, 0.2) is 6.10 Å². The molecule has 0 aliphatic carbocycles. The number of aromatic hydroxyl groups is 1. The first-order valence-corrected chi connectivity index (χ1v) is 7.42. The Kier molecular flexibility index (Phi) is 5.41. The molecule has 0 aromatic heterocycles. The summed E-state index contributed by atoms with van der Waals surface area (Å²) in [5, 5.41) is 12.2. The van der Waals surface area contributed by atoms with E-state index in [0.29, 0.717) is 0 Å². The Bertz CT molecular complexity index is 794. The monoisotopic (exact) mass is 351 g/mol. The molecule has 0 unspecified atom stereocenters. The maximum Gasteiger partial charge on any atom is 0.342 e. The smallest absolute Gasteiger partial charge is 0.342 e. The van der Waals surface area contributed by atoms with Crippen molar-refractivity contribution in [3.8, 4) is 5.75 Å². The van der Waals surface area contributed by atoms with E-state index in [-0.39, 0.29) is 22.0 Å². The fourth-order valence-corrected chi connectivity index (χ4v) is 2.08. The third kappa shape index (κ3) is 4.23. The molecule has 0 heterocycles. The van der Waals surface area contributed by atoms with E-state index >= 15 is 0 Å². The van der Waals surface area contributed by atoms with E-state index < -0.39 is 23.8 Å². The van der Waals surface area contributed by atoms with Crippen molar-refractivity contribution in [1.29, 1.82) is 0 Å². The van der Waals surface area contributed by atoms with Gasteiger partial charge >= 0.3 is 5.97 Å². The third-order valence-electron chi connectivity index (χ3n) is 3.22. The molecule has 1 amide bonds. The van der Waals surface area contributed by atoms with Crippen molar-refractivity contribution in [2.75, 3.05) is 5.32 Å². The van der Waals surface area contributed by atoms with Gasteiger partial charge in [-0.05, 0) is 49.7 Å². The lowest BCUT2D eigenvalue weighted by molar-refractivity contribution is -0.123. The minimum Gasteiger partial charge on any atom is -0.507 e. The lowest BCUT2D eigenvalue weighted by Gasteiger charge is -2.14. The van der Waals surface area contributed by atoms with Gasteiger partial charge in [-0.2, -0.15) is 0 Å². The average Bonchev–Trinajstić information content (AvgIpc) is 2.49. The maximum atomic E-state index is 13.7. The van der Waals surface area contributed by atoms with Gasteiger partial charge in [-0.25, -0.2) is 9.18 Å². The minimum absolute atomic E-state index is 0.0575. The highest BCUT2D eigenvalue weighted by Crippen LogP contribution is 2.21. The molecule has 0 fully saturated rings. The van der Waals surface area contributed by atoms with E-state index in [2.05, 4.69) is 5.32 Å². The molecule has 0 spiro atoms. The van der Waals surface area contributed by atoms with Crippen molar-refractivity contribution in [3.63, 3.8) is 0 Å². The first-order valence-electron chi connectivity index (χ1n) is 7.04. The van der Waals surface area contributed by atoms with Crippen molar-refractivity contribution in [3.05, 3.63) is 58.4 Å². The van der Waals surface area contributed by atoms with Crippen LogP contribution in [0.4, 0.5) is 10.1 Å². The number of esters is 1. The van der Waals surface area contributed by atoms with Gasteiger partial charge in [0, 0.05) is 5.02 Å². The van der Waals surface area contributed by atoms with E-state index in [1.807, 2.05) is 0 Å². The van der Waals surface area contributed by atoms with Crippen LogP contribution >= 0.6 is 11.6 Å². The Morgan fingerprint density at radius 3 is 2.58 bits per heavy atom. The normalized spacial score (nSPS) is 11.7. The topological polar surface area (TPSA) is 75.6 Å². The predicted molar refractivity (Wildman–Crippen MR) is 87.8 cm³/mol. The van der Waals surface area contributed by atoms with Gasteiger partial charge in [-0.1, -0.05) is 17.7 Å². The highest BCUT2D eigenvalue weighted by Gasteiger charge is 2.21. The number of carbonyl (C=O) groups excluding carboxylic acids is 2. The van der Waals surface area contributed by atoms with Crippen LogP contribution < -0.4 is 5.32 Å². The molecule has 1 atom stereocenters. The van der Waals surface area contributed by atoms with E-state index in [4.69, 9.17) is 16.3 Å². The largest absolute Gasteiger partial charge is 0.507 e. The molecule has 5 nitrogen and oxygen atoms in total. The molecule has 126 valence electrons. The number of carbonyl (C=O) groups is 2. The average molecular weight is 352 g/mol. The lowest BCUT2D eigenvalue weighted by atomic mass is 10.1. The molecule has 0 aliphatic rings. The molecular formula is C17H15ClFNO4. The Morgan fingerprint density at radius 1 is 1.25 bits per heavy atom. The number of hydrogen-bond acceptors (Lipinski definition) is 4. The zero-order valence-electron chi connectivity index (χ0n) is 13.0. The van der Waals surface area contributed by atoms with Crippen molar-refractivity contribution in [2.24, 2.45) is 0 Å². The van der Waals surface area contributed by atoms with Crippen LogP contribution in [0.2, 0.25) is 5.02 Å². The van der Waals surface area contributed by atoms with E-state index in [0.717, 1.165) is 11.6 Å². The number of amides is 1. The number of nitrogens with one attached hydrogen (secondary N) is 1. The zero-order chi connectivity index (χ0) is 17.9. The number of ether oxygens (including phenoxy) is 1. The molecule has 2 rings (SSSR count). The quantitative estimate of drug-likeness (QED) is 0.824. The molecule has 2 N–H and O–H groups in total. The lowest BCUT2D eigenvalue weighted by Crippen LogP contribution is -2.30. The second-order valence-electron chi connectivity index (χ2n) is 5.18. The minimum atomic E-state index is -1.19. The Morgan fingerprint density at radius 2 is 1.96 bits per heavy atom. The van der Waals surface area contributed by atoms with Crippen molar-refractivity contribution < 1.29 is 23.8 Å². The van der Waals surface area contributed by atoms with Crippen molar-refractivity contribution in [2.45, 2.75) is 20.0 Å². The summed E-state index contributed by atoms with van der Waals surface area (Å²) in [6.45, 7) is 3.10. The first-order chi connectivity index (χ1) is 11.3. The van der Waals surface area contributed by atoms with E-state index in [1.165, 1.54) is 31.2 Å². The number of benzene rings is 2. The summed E-state index contributed by atoms with van der Waals surface area (Å²) in [4.78, 5) is 24.0. The second kappa shape index (κ2) is 7.31. The summed E-state index contributed by atoms with van der Waals surface area (Å²) in [6.07, 6.45) is -1.19. The fourth-order valence-electron chi connectivity index (χ4n) is 1.92. The highest BCUT2D eigenvalue weighted by molar-refractivity contribution is 6.30. The predicted octanol–water partition coefficient (Wildman–Crippen LogP) is 3.68. The van der Waals surface area contributed by atoms with Crippen LogP contribution in [0.15, 0.2) is 36.4 Å². The highest BCUT2D eigenvalue weighted by atomic mass is 35.5. The summed E-state index contributed by atoms with van der Waals surface area (Å²) in [7, 11) is 0. The van der Waals surface area contributed by atoms with Crippen LogP contribution in [0.1, 0.15) is 22.8 Å². The molecule has 0 aliphatic heterocycles. The third-order valence-corrected chi connectivity index (χ3v) is 3.45. The molecule has 2 aromatic rings. The van der Waals surface area contributed by atoms with E-state index in [1.54, 1.807) is 13.0 Å². The SMILES string of the molecule is Cc1ccc(C(=O)O[C@@H](C)C(=O)Nc2ccc(Cl)cc2F)c(O)c1. The van der Waals surface area contributed by atoms with Gasteiger partial charge in [0.1, 0.15) is 17.1 Å². The number of phenolic OH excluding ortho intramolecular Hbond substituents is 1. The fraction of sp³-hybridized carbons (Fsp3) is 0.176. The zero-order valence-corrected chi connectivity index (χ0v) is 13.7. The summed E-state index contributed by atoms with van der Waals surface area (Å²) in [5.74, 6) is -2.51. The molecular weight excluding hydrogens is 337 g/mol. The summed E-state index contributed by atoms with van der Waals surface area (Å²) >= 11 is 5.63. The van der Waals surface area contributed by atoms with Crippen LogP contribution in [0.3, 0.4) is 0 Å². The van der Waals surface area contributed by atoms with Crippen LogP contribution in [0, 0.1) is 12.7 Å². The van der Waals surface area contributed by atoms with Crippen molar-refractivity contribution >= 4 is 29.2 Å². The Balaban J connectivity index is 2.04. The van der Waals surface area contributed by atoms with Gasteiger partial charge in [0.25, 0.3) is 5.91 Å². The number of halogens is 2. The molecule has 0 radical (unpaired) electrons. The van der Waals surface area contributed by atoms with Gasteiger partial charge in [-0.3, -0.25) is 4.79 Å². The van der Waals surface area contributed by atoms with E-state index in [9.17, 15) is 19.1 Å². The van der Waals surface area contributed by atoms with Crippen LogP contribution in [0.5, 0.6) is 5.75 Å². The summed E-state index contributed by atoms with van der Waals surface area (Å²) < 4.78 is 18.6. The molecule has 24 heavy (non-hydrogen) atoms. The molecule has 2 aromatic carbocycles. The molecule has 0 saturated carbocycles. The van der Waals surface area contributed by atoms with Gasteiger partial charge in [0.2, 0.25) is 0 Å². The second-order valence-corrected chi connectivity index (χ2v) is 5.62. The van der Waals surface area contributed by atoms with Gasteiger partial charge in [0.05, 0.1) is 5.69 Å². The molecule has 0 bridgehead atoms. The summed E-state index contributed by atoms with van der Waals surface area (Å²) in [6, 6.07) is 8.21. The first kappa shape index (κ1) is 17.7. The standard InChI is InChI=1S/C17H15ClFNO4/c1-9-3-5-12(15(21)7-9)17(23)24-10(2)16(22)20-14-6-4-11(18)8-13(14)19/h3-8,10,21H,1-2H3,(H,20,22)/t10-/m0/s1. The van der Waals surface area contributed by atoms with Crippen LogP contribution in [0.25, 0.3) is 0 Å². The summed E-state index contributed by atoms with van der Waals surface area (Å²) in [5.41, 5.74) is 0.636. The van der Waals surface area contributed by atoms with Crippen LogP contribution in [-0.2, 0) is 9.53 Å². The maximum absolute atomic E-state index is 13.7. The Hall–Kier alpha value is -2.60. The number of rotatable bonds is 4. The Labute approximate surface area is 143 Å². The number of anilines is 1. The van der Waals surface area contributed by atoms with Gasteiger partial charge < -0.3 is 15.2 Å². The number of aryl methyl sites for hydroxylation is 1. The van der Waals surface area contributed by atoms with Crippen molar-refractivity contribution in [1.82, 2.24) is 0 Å². The van der Waals surface area contributed by atoms with Crippen LogP contribution in [-0.4, -0.2) is 23.1 Å². The number of phenols is 1.